The van der Waals surface area contributed by atoms with Gasteiger partial charge in [0.25, 0.3) is 5.91 Å². The van der Waals surface area contributed by atoms with Gasteiger partial charge in [-0.1, -0.05) is 0 Å². The molecule has 6 heteroatoms. The average molecular weight is 307 g/mol. The second-order valence-corrected chi connectivity index (χ2v) is 5.96. The Bertz CT molecular complexity index is 622. The van der Waals surface area contributed by atoms with Crippen LogP contribution in [-0.4, -0.2) is 23.5 Å². The van der Waals surface area contributed by atoms with Crippen LogP contribution in [0, 0.1) is 12.7 Å². The number of aromatic nitrogens is 1. The number of nitrogens with two attached hydrogens (primary N) is 1. The number of benzene rings is 1. The lowest BCUT2D eigenvalue weighted by atomic mass is 10.2. The Kier molecular flexibility index (Phi) is 5.03. The molecule has 1 amide bonds. The summed E-state index contributed by atoms with van der Waals surface area (Å²) in [7, 11) is 0. The van der Waals surface area contributed by atoms with Crippen LogP contribution < -0.4 is 11.1 Å². The molecule has 3 N–H and O–H groups in total. The van der Waals surface area contributed by atoms with Crippen molar-refractivity contribution in [3.63, 3.8) is 0 Å². The molecule has 1 aromatic carbocycles. The lowest BCUT2D eigenvalue weighted by Gasteiger charge is -2.06. The summed E-state index contributed by atoms with van der Waals surface area (Å²) in [5.74, 6) is -0.431. The second-order valence-electron chi connectivity index (χ2n) is 4.96. The van der Waals surface area contributed by atoms with Gasteiger partial charge in [0.15, 0.2) is 0 Å². The number of carbonyl (C=O) groups excluding carboxylic acids is 1. The number of amides is 1. The average Bonchev–Trinajstić information content (AvgIpc) is 2.81. The van der Waals surface area contributed by atoms with E-state index in [2.05, 4.69) is 10.3 Å². The summed E-state index contributed by atoms with van der Waals surface area (Å²) in [5.41, 5.74) is 7.13. The van der Waals surface area contributed by atoms with E-state index in [0.717, 1.165) is 12.0 Å². The maximum absolute atomic E-state index is 12.9. The minimum absolute atomic E-state index is 0.0580. The molecule has 1 heterocycles. The minimum atomic E-state index is -0.291. The number of thiazole rings is 1. The molecule has 0 spiro atoms. The molecular formula is C15H18FN3OS. The normalized spacial score (nSPS) is 12.2. The fraction of sp³-hybridized carbons (Fsp3) is 0.333. The van der Waals surface area contributed by atoms with Crippen LogP contribution in [0.2, 0.25) is 0 Å². The van der Waals surface area contributed by atoms with E-state index in [-0.39, 0.29) is 17.8 Å². The molecule has 1 aromatic heterocycles. The van der Waals surface area contributed by atoms with Crippen molar-refractivity contribution in [2.75, 3.05) is 6.54 Å². The number of hydrogen-bond acceptors (Lipinski definition) is 4. The summed E-state index contributed by atoms with van der Waals surface area (Å²) in [6.45, 7) is 4.24. The molecular weight excluding hydrogens is 289 g/mol. The highest BCUT2D eigenvalue weighted by Gasteiger charge is 2.16. The van der Waals surface area contributed by atoms with Crippen molar-refractivity contribution < 1.29 is 9.18 Å². The second kappa shape index (κ2) is 6.78. The zero-order valence-corrected chi connectivity index (χ0v) is 12.8. The van der Waals surface area contributed by atoms with Gasteiger partial charge >= 0.3 is 0 Å². The van der Waals surface area contributed by atoms with Gasteiger partial charge in [-0.3, -0.25) is 4.79 Å². The van der Waals surface area contributed by atoms with Crippen LogP contribution in [0.15, 0.2) is 24.3 Å². The molecule has 0 bridgehead atoms. The van der Waals surface area contributed by atoms with Crippen molar-refractivity contribution in [2.45, 2.75) is 26.3 Å². The molecule has 0 aliphatic carbocycles. The summed E-state index contributed by atoms with van der Waals surface area (Å²) in [6, 6.07) is 6.14. The maximum atomic E-state index is 12.9. The Morgan fingerprint density at radius 3 is 2.71 bits per heavy atom. The van der Waals surface area contributed by atoms with Gasteiger partial charge in [-0.05, 0) is 44.5 Å². The summed E-state index contributed by atoms with van der Waals surface area (Å²) in [5, 5.41) is 3.55. The molecule has 4 nitrogen and oxygen atoms in total. The topological polar surface area (TPSA) is 68.0 Å². The van der Waals surface area contributed by atoms with Crippen LogP contribution in [0.5, 0.6) is 0 Å². The van der Waals surface area contributed by atoms with Crippen molar-refractivity contribution in [2.24, 2.45) is 5.73 Å². The van der Waals surface area contributed by atoms with Crippen molar-refractivity contribution in [1.29, 1.82) is 0 Å². The van der Waals surface area contributed by atoms with E-state index in [4.69, 9.17) is 5.73 Å². The number of nitrogens with zero attached hydrogens (tertiary/aromatic N) is 1. The van der Waals surface area contributed by atoms with E-state index >= 15 is 0 Å². The van der Waals surface area contributed by atoms with Gasteiger partial charge in [0.05, 0.1) is 5.69 Å². The molecule has 1 atom stereocenters. The fourth-order valence-electron chi connectivity index (χ4n) is 1.82. The molecule has 2 aromatic rings. The van der Waals surface area contributed by atoms with Crippen LogP contribution in [0.3, 0.4) is 0 Å². The third-order valence-corrected chi connectivity index (χ3v) is 4.18. The van der Waals surface area contributed by atoms with Crippen molar-refractivity contribution in [3.05, 3.63) is 40.7 Å². The number of halogens is 1. The number of aryl methyl sites for hydroxylation is 1. The smallest absolute Gasteiger partial charge is 0.263 e. The lowest BCUT2D eigenvalue weighted by Crippen LogP contribution is -2.28. The first-order chi connectivity index (χ1) is 9.97. The SMILES string of the molecule is Cc1nc(-c2ccc(F)cc2)sc1C(=O)NCCC(C)N. The Morgan fingerprint density at radius 2 is 2.10 bits per heavy atom. The highest BCUT2D eigenvalue weighted by molar-refractivity contribution is 7.17. The molecule has 0 aliphatic rings. The molecule has 0 radical (unpaired) electrons. The molecule has 0 saturated carbocycles. The number of hydrogen-bond donors (Lipinski definition) is 2. The van der Waals surface area contributed by atoms with Crippen molar-refractivity contribution in [3.8, 4) is 10.6 Å². The summed E-state index contributed by atoms with van der Waals surface area (Å²) in [6.07, 6.45) is 0.731. The Morgan fingerprint density at radius 1 is 1.43 bits per heavy atom. The molecule has 1 unspecified atom stereocenters. The van der Waals surface area contributed by atoms with Crippen LogP contribution >= 0.6 is 11.3 Å². The van der Waals surface area contributed by atoms with Crippen molar-refractivity contribution >= 4 is 17.2 Å². The summed E-state index contributed by atoms with van der Waals surface area (Å²) >= 11 is 1.31. The number of nitrogens with one attached hydrogen (secondary N) is 1. The molecule has 0 saturated heterocycles. The number of rotatable bonds is 5. The fourth-order valence-corrected chi connectivity index (χ4v) is 2.80. The molecule has 0 aliphatic heterocycles. The molecule has 2 rings (SSSR count). The predicted octanol–water partition coefficient (Wildman–Crippen LogP) is 2.72. The Balaban J connectivity index is 2.11. The van der Waals surface area contributed by atoms with Crippen LogP contribution in [0.1, 0.15) is 28.7 Å². The zero-order valence-electron chi connectivity index (χ0n) is 12.0. The predicted molar refractivity (Wildman–Crippen MR) is 82.8 cm³/mol. The van der Waals surface area contributed by atoms with Gasteiger partial charge < -0.3 is 11.1 Å². The monoisotopic (exact) mass is 307 g/mol. The Labute approximate surface area is 127 Å². The first-order valence-corrected chi connectivity index (χ1v) is 7.56. The quantitative estimate of drug-likeness (QED) is 0.892. The maximum Gasteiger partial charge on any atom is 0.263 e. The largest absolute Gasteiger partial charge is 0.351 e. The standard InChI is InChI=1S/C15H18FN3OS/c1-9(17)7-8-18-14(20)13-10(2)19-15(21-13)11-3-5-12(16)6-4-11/h3-6,9H,7-8,17H2,1-2H3,(H,18,20). The van der Waals surface area contributed by atoms with E-state index in [9.17, 15) is 9.18 Å². The van der Waals surface area contributed by atoms with E-state index in [0.29, 0.717) is 22.1 Å². The first kappa shape index (κ1) is 15.6. The third kappa shape index (κ3) is 4.09. The van der Waals surface area contributed by atoms with E-state index in [1.807, 2.05) is 6.92 Å². The third-order valence-electron chi connectivity index (χ3n) is 2.98. The van der Waals surface area contributed by atoms with Crippen LogP contribution in [-0.2, 0) is 0 Å². The minimum Gasteiger partial charge on any atom is -0.351 e. The highest BCUT2D eigenvalue weighted by Crippen LogP contribution is 2.27. The highest BCUT2D eigenvalue weighted by atomic mass is 32.1. The van der Waals surface area contributed by atoms with Gasteiger partial charge in [-0.15, -0.1) is 11.3 Å². The lowest BCUT2D eigenvalue weighted by molar-refractivity contribution is 0.0956. The summed E-state index contributed by atoms with van der Waals surface area (Å²) < 4.78 is 12.9. The zero-order chi connectivity index (χ0) is 15.4. The summed E-state index contributed by atoms with van der Waals surface area (Å²) in [4.78, 5) is 17.1. The van der Waals surface area contributed by atoms with E-state index < -0.39 is 0 Å². The Hall–Kier alpha value is -1.79. The first-order valence-electron chi connectivity index (χ1n) is 6.74. The number of carbonyl (C=O) groups is 1. The molecule has 112 valence electrons. The van der Waals surface area contributed by atoms with Crippen molar-refractivity contribution in [1.82, 2.24) is 10.3 Å². The van der Waals surface area contributed by atoms with Gasteiger partial charge in [0.2, 0.25) is 0 Å². The van der Waals surface area contributed by atoms with Gasteiger partial charge in [-0.2, -0.15) is 0 Å². The molecule has 0 fully saturated rings. The van der Waals surface area contributed by atoms with Gasteiger partial charge in [0, 0.05) is 18.2 Å². The van der Waals surface area contributed by atoms with Crippen LogP contribution in [0.4, 0.5) is 4.39 Å². The van der Waals surface area contributed by atoms with Gasteiger partial charge in [-0.25, -0.2) is 9.37 Å². The molecule has 21 heavy (non-hydrogen) atoms. The van der Waals surface area contributed by atoms with Crippen LogP contribution in [0.25, 0.3) is 10.6 Å². The van der Waals surface area contributed by atoms with E-state index in [1.54, 1.807) is 19.1 Å². The van der Waals surface area contributed by atoms with E-state index in [1.165, 1.54) is 23.5 Å². The van der Waals surface area contributed by atoms with Gasteiger partial charge in [0.1, 0.15) is 15.7 Å².